The van der Waals surface area contributed by atoms with E-state index in [1.165, 1.54) is 19.3 Å². The second-order valence-corrected chi connectivity index (χ2v) is 5.00. The van der Waals surface area contributed by atoms with Gasteiger partial charge in [0, 0.05) is 18.1 Å². The summed E-state index contributed by atoms with van der Waals surface area (Å²) in [5.74, 6) is 1.13. The average Bonchev–Trinajstić information content (AvgIpc) is 2.92. The number of phenolic OH excluding ortho intramolecular Hbond substituents is 1. The third kappa shape index (κ3) is 2.70. The van der Waals surface area contributed by atoms with Gasteiger partial charge in [-0.3, -0.25) is 0 Å². The number of nitrogens with zero attached hydrogens (tertiary/aromatic N) is 1. The Labute approximate surface area is 113 Å². The van der Waals surface area contributed by atoms with E-state index in [2.05, 4.69) is 16.4 Å². The Balaban J connectivity index is 1.74. The van der Waals surface area contributed by atoms with Crippen LogP contribution in [0.1, 0.15) is 25.7 Å². The van der Waals surface area contributed by atoms with Crippen LogP contribution in [0.3, 0.4) is 0 Å². The smallest absolute Gasteiger partial charge is 0.133 e. The van der Waals surface area contributed by atoms with Gasteiger partial charge in [-0.1, -0.05) is 17.7 Å². The molecule has 98 valence electrons. The number of rotatable bonds is 4. The van der Waals surface area contributed by atoms with E-state index in [-0.39, 0.29) is 5.75 Å². The summed E-state index contributed by atoms with van der Waals surface area (Å²) < 4.78 is 0. The van der Waals surface area contributed by atoms with Crippen molar-refractivity contribution in [3.05, 3.63) is 42.1 Å². The van der Waals surface area contributed by atoms with Gasteiger partial charge in [-0.05, 0) is 49.3 Å². The Kier molecular flexibility index (Phi) is 3.36. The molecular formula is C16H18N2O. The summed E-state index contributed by atoms with van der Waals surface area (Å²) in [6.45, 7) is 0.896. The first-order valence-electron chi connectivity index (χ1n) is 6.82. The molecule has 0 saturated heterocycles. The fourth-order valence-corrected chi connectivity index (χ4v) is 2.60. The highest BCUT2D eigenvalue weighted by Gasteiger charge is 2.06. The van der Waals surface area contributed by atoms with E-state index in [1.54, 1.807) is 23.9 Å². The quantitative estimate of drug-likeness (QED) is 0.814. The van der Waals surface area contributed by atoms with E-state index in [0.29, 0.717) is 0 Å². The zero-order valence-corrected chi connectivity index (χ0v) is 10.9. The van der Waals surface area contributed by atoms with Gasteiger partial charge in [-0.25, -0.2) is 4.98 Å². The average molecular weight is 254 g/mol. The molecule has 1 aromatic heterocycles. The first kappa shape index (κ1) is 12.0. The van der Waals surface area contributed by atoms with Gasteiger partial charge in [-0.2, -0.15) is 0 Å². The highest BCUT2D eigenvalue weighted by atomic mass is 16.3. The Morgan fingerprint density at radius 3 is 3.05 bits per heavy atom. The van der Waals surface area contributed by atoms with Gasteiger partial charge in [0.15, 0.2) is 0 Å². The highest BCUT2D eigenvalue weighted by molar-refractivity contribution is 5.92. The molecule has 0 atom stereocenters. The summed E-state index contributed by atoms with van der Waals surface area (Å²) in [7, 11) is 0. The number of fused-ring (bicyclic) bond motifs is 1. The van der Waals surface area contributed by atoms with Crippen molar-refractivity contribution < 1.29 is 5.11 Å². The van der Waals surface area contributed by atoms with Crippen LogP contribution in [-0.2, 0) is 0 Å². The summed E-state index contributed by atoms with van der Waals surface area (Å²) in [6.07, 6.45) is 9.01. The van der Waals surface area contributed by atoms with E-state index in [4.69, 9.17) is 0 Å². The van der Waals surface area contributed by atoms with Crippen molar-refractivity contribution in [2.45, 2.75) is 25.7 Å². The fourth-order valence-electron chi connectivity index (χ4n) is 2.60. The Morgan fingerprint density at radius 1 is 1.26 bits per heavy atom. The first-order chi connectivity index (χ1) is 9.33. The summed E-state index contributed by atoms with van der Waals surface area (Å²) >= 11 is 0. The summed E-state index contributed by atoms with van der Waals surface area (Å²) in [6, 6.07) is 7.34. The van der Waals surface area contributed by atoms with E-state index in [0.717, 1.165) is 29.6 Å². The van der Waals surface area contributed by atoms with Gasteiger partial charge in [-0.15, -0.1) is 0 Å². The van der Waals surface area contributed by atoms with Crippen LogP contribution in [0.15, 0.2) is 42.1 Å². The molecule has 0 bridgehead atoms. The molecule has 1 heterocycles. The lowest BCUT2D eigenvalue weighted by atomic mass is 10.1. The molecule has 19 heavy (non-hydrogen) atoms. The summed E-state index contributed by atoms with van der Waals surface area (Å²) in [5.41, 5.74) is 1.55. The van der Waals surface area contributed by atoms with Crippen LogP contribution >= 0.6 is 0 Å². The monoisotopic (exact) mass is 254 g/mol. The SMILES string of the molecule is Oc1ccc2ccnc(NCCC3=CCCC3)c2c1. The van der Waals surface area contributed by atoms with E-state index < -0.39 is 0 Å². The number of aromatic nitrogens is 1. The van der Waals surface area contributed by atoms with Crippen molar-refractivity contribution >= 4 is 16.6 Å². The number of hydrogen-bond acceptors (Lipinski definition) is 3. The zero-order chi connectivity index (χ0) is 13.1. The predicted molar refractivity (Wildman–Crippen MR) is 78.4 cm³/mol. The van der Waals surface area contributed by atoms with Crippen molar-refractivity contribution in [1.82, 2.24) is 4.98 Å². The minimum Gasteiger partial charge on any atom is -0.508 e. The van der Waals surface area contributed by atoms with Crippen LogP contribution in [0, 0.1) is 0 Å². The number of pyridine rings is 1. The number of hydrogen-bond donors (Lipinski definition) is 2. The second-order valence-electron chi connectivity index (χ2n) is 5.00. The molecule has 0 aliphatic heterocycles. The molecule has 3 heteroatoms. The van der Waals surface area contributed by atoms with Crippen LogP contribution in [0.4, 0.5) is 5.82 Å². The molecule has 2 N–H and O–H groups in total. The molecule has 3 rings (SSSR count). The number of nitrogens with one attached hydrogen (secondary N) is 1. The maximum Gasteiger partial charge on any atom is 0.133 e. The predicted octanol–water partition coefficient (Wildman–Crippen LogP) is 3.85. The number of allylic oxidation sites excluding steroid dienone is 1. The van der Waals surface area contributed by atoms with E-state index in [9.17, 15) is 5.11 Å². The molecule has 3 nitrogen and oxygen atoms in total. The van der Waals surface area contributed by atoms with Crippen molar-refractivity contribution in [2.24, 2.45) is 0 Å². The van der Waals surface area contributed by atoms with Crippen molar-refractivity contribution in [2.75, 3.05) is 11.9 Å². The molecule has 1 aliphatic carbocycles. The number of aromatic hydroxyl groups is 1. The molecule has 0 unspecified atom stereocenters. The molecular weight excluding hydrogens is 236 g/mol. The lowest BCUT2D eigenvalue weighted by molar-refractivity contribution is 0.476. The molecule has 0 fully saturated rings. The van der Waals surface area contributed by atoms with Gasteiger partial charge in [0.05, 0.1) is 0 Å². The standard InChI is InChI=1S/C16H18N2O/c19-14-6-5-13-8-10-18-16(15(13)11-14)17-9-7-12-3-1-2-4-12/h3,5-6,8,10-11,19H,1-2,4,7,9H2,(H,17,18). The fraction of sp³-hybridized carbons (Fsp3) is 0.312. The maximum absolute atomic E-state index is 9.59. The number of benzene rings is 1. The maximum atomic E-state index is 9.59. The summed E-state index contributed by atoms with van der Waals surface area (Å²) in [4.78, 5) is 4.37. The Hall–Kier alpha value is -2.03. The minimum atomic E-state index is 0.280. The normalized spacial score (nSPS) is 14.6. The van der Waals surface area contributed by atoms with E-state index >= 15 is 0 Å². The van der Waals surface area contributed by atoms with Crippen molar-refractivity contribution in [1.29, 1.82) is 0 Å². The van der Waals surface area contributed by atoms with Crippen LogP contribution in [0.5, 0.6) is 5.75 Å². The van der Waals surface area contributed by atoms with Gasteiger partial charge in [0.1, 0.15) is 11.6 Å². The van der Waals surface area contributed by atoms with Crippen LogP contribution in [0.25, 0.3) is 10.8 Å². The second kappa shape index (κ2) is 5.31. The molecule has 2 aromatic rings. The number of phenols is 1. The molecule has 1 aromatic carbocycles. The van der Waals surface area contributed by atoms with Gasteiger partial charge >= 0.3 is 0 Å². The lowest BCUT2D eigenvalue weighted by Gasteiger charge is -2.09. The van der Waals surface area contributed by atoms with Crippen LogP contribution in [-0.4, -0.2) is 16.6 Å². The molecule has 0 spiro atoms. The third-order valence-corrected chi connectivity index (χ3v) is 3.62. The van der Waals surface area contributed by atoms with Crippen molar-refractivity contribution in [3.8, 4) is 5.75 Å². The minimum absolute atomic E-state index is 0.280. The zero-order valence-electron chi connectivity index (χ0n) is 10.9. The molecule has 0 saturated carbocycles. The number of anilines is 1. The van der Waals surface area contributed by atoms with Gasteiger partial charge in [0.25, 0.3) is 0 Å². The van der Waals surface area contributed by atoms with Crippen molar-refractivity contribution in [3.63, 3.8) is 0 Å². The molecule has 0 radical (unpaired) electrons. The summed E-state index contributed by atoms with van der Waals surface area (Å²) in [5, 5.41) is 15.0. The van der Waals surface area contributed by atoms with Gasteiger partial charge in [0.2, 0.25) is 0 Å². The Bertz CT molecular complexity index is 619. The highest BCUT2D eigenvalue weighted by Crippen LogP contribution is 2.25. The topological polar surface area (TPSA) is 45.2 Å². The van der Waals surface area contributed by atoms with Crippen LogP contribution < -0.4 is 5.32 Å². The lowest BCUT2D eigenvalue weighted by Crippen LogP contribution is -2.04. The van der Waals surface area contributed by atoms with Crippen LogP contribution in [0.2, 0.25) is 0 Å². The largest absolute Gasteiger partial charge is 0.508 e. The van der Waals surface area contributed by atoms with Gasteiger partial charge < -0.3 is 10.4 Å². The Morgan fingerprint density at radius 2 is 2.21 bits per heavy atom. The third-order valence-electron chi connectivity index (χ3n) is 3.62. The molecule has 1 aliphatic rings. The van der Waals surface area contributed by atoms with E-state index in [1.807, 2.05) is 12.1 Å². The molecule has 0 amide bonds. The first-order valence-corrected chi connectivity index (χ1v) is 6.82.